The Balaban J connectivity index is 1.56. The van der Waals surface area contributed by atoms with Gasteiger partial charge in [-0.25, -0.2) is 4.98 Å². The molecular formula is C22H26N3O2S+. The normalized spacial score (nSPS) is 20.2. The highest BCUT2D eigenvalue weighted by molar-refractivity contribution is 7.18. The van der Waals surface area contributed by atoms with Crippen molar-refractivity contribution < 1.29 is 14.4 Å². The predicted molar refractivity (Wildman–Crippen MR) is 110 cm³/mol. The summed E-state index contributed by atoms with van der Waals surface area (Å²) in [5, 5.41) is 1.14. The van der Waals surface area contributed by atoms with Crippen molar-refractivity contribution >= 4 is 21.6 Å². The largest absolute Gasteiger partial charge is 0.438 e. The number of hydrogen-bond acceptors (Lipinski definition) is 5. The smallest absolute Gasteiger partial charge is 0.231 e. The highest BCUT2D eigenvalue weighted by Gasteiger charge is 2.26. The zero-order chi connectivity index (χ0) is 18.9. The molecular weight excluding hydrogens is 370 g/mol. The zero-order valence-corrected chi connectivity index (χ0v) is 17.1. The summed E-state index contributed by atoms with van der Waals surface area (Å²) in [6.07, 6.45) is 3.47. The monoisotopic (exact) mass is 396 g/mol. The van der Waals surface area contributed by atoms with Crippen LogP contribution in [0.15, 0.2) is 30.3 Å². The molecule has 0 unspecified atom stereocenters. The fraction of sp³-hybridized carbons (Fsp3) is 0.455. The number of aromatic nitrogens is 2. The molecule has 0 amide bonds. The van der Waals surface area contributed by atoms with E-state index in [0.29, 0.717) is 0 Å². The summed E-state index contributed by atoms with van der Waals surface area (Å²) < 4.78 is 11.8. The molecule has 28 heavy (non-hydrogen) atoms. The SMILES string of the molecule is C[C@@H]1CCc2c(sc3nc(C[NH+]4CCOCC4)nc(Oc4ccccc4)c23)C1. The molecule has 0 spiro atoms. The molecule has 6 heteroatoms. The standard InChI is InChI=1S/C22H25N3O2S/c1-15-7-8-17-18(13-15)28-22-20(17)21(27-16-5-3-2-4-6-16)23-19(24-22)14-25-9-11-26-12-10-25/h2-6,15H,7-14H2,1H3/p+1/t15-/m1/s1. The molecule has 0 radical (unpaired) electrons. The second-order valence-corrected chi connectivity index (χ2v) is 9.01. The minimum atomic E-state index is 0.728. The Morgan fingerprint density at radius 2 is 2.00 bits per heavy atom. The van der Waals surface area contributed by atoms with E-state index in [-0.39, 0.29) is 0 Å². The summed E-state index contributed by atoms with van der Waals surface area (Å²) in [4.78, 5) is 13.9. The Morgan fingerprint density at radius 3 is 2.82 bits per heavy atom. The third-order valence-corrected chi connectivity index (χ3v) is 6.88. The maximum Gasteiger partial charge on any atom is 0.231 e. The molecule has 1 saturated heterocycles. The molecule has 1 atom stereocenters. The van der Waals surface area contributed by atoms with Gasteiger partial charge in [0.1, 0.15) is 30.2 Å². The first-order chi connectivity index (χ1) is 13.8. The fourth-order valence-electron chi connectivity index (χ4n) is 4.16. The summed E-state index contributed by atoms with van der Waals surface area (Å²) in [5.41, 5.74) is 1.41. The minimum absolute atomic E-state index is 0.728. The molecule has 0 bridgehead atoms. The number of morpholine rings is 1. The van der Waals surface area contributed by atoms with Gasteiger partial charge in [-0.3, -0.25) is 0 Å². The summed E-state index contributed by atoms with van der Waals surface area (Å²) in [5.74, 6) is 3.17. The number of rotatable bonds is 4. The quantitative estimate of drug-likeness (QED) is 0.737. The van der Waals surface area contributed by atoms with Crippen molar-refractivity contribution in [3.63, 3.8) is 0 Å². The van der Waals surface area contributed by atoms with E-state index in [9.17, 15) is 0 Å². The van der Waals surface area contributed by atoms with Gasteiger partial charge in [0.2, 0.25) is 5.88 Å². The number of hydrogen-bond donors (Lipinski definition) is 1. The third kappa shape index (κ3) is 3.64. The Bertz CT molecular complexity index is 967. The molecule has 1 aliphatic heterocycles. The second kappa shape index (κ2) is 7.78. The highest BCUT2D eigenvalue weighted by atomic mass is 32.1. The molecule has 146 valence electrons. The predicted octanol–water partition coefficient (Wildman–Crippen LogP) is 3.02. The Kier molecular flexibility index (Phi) is 5.01. The Morgan fingerprint density at radius 1 is 1.18 bits per heavy atom. The molecule has 2 aliphatic rings. The Labute approximate surface area is 169 Å². The summed E-state index contributed by atoms with van der Waals surface area (Å²) in [6.45, 7) is 6.81. The van der Waals surface area contributed by atoms with E-state index in [1.807, 2.05) is 41.7 Å². The van der Waals surface area contributed by atoms with Crippen LogP contribution < -0.4 is 9.64 Å². The maximum absolute atomic E-state index is 6.29. The van der Waals surface area contributed by atoms with Crippen LogP contribution in [0.1, 0.15) is 29.6 Å². The van der Waals surface area contributed by atoms with Gasteiger partial charge >= 0.3 is 0 Å². The number of ether oxygens (including phenoxy) is 2. The van der Waals surface area contributed by atoms with E-state index in [4.69, 9.17) is 19.4 Å². The average Bonchev–Trinajstić information content (AvgIpc) is 3.07. The van der Waals surface area contributed by atoms with Gasteiger partial charge in [-0.15, -0.1) is 11.3 Å². The number of fused-ring (bicyclic) bond motifs is 3. The minimum Gasteiger partial charge on any atom is -0.438 e. The van der Waals surface area contributed by atoms with Gasteiger partial charge < -0.3 is 14.4 Å². The number of aryl methyl sites for hydroxylation is 1. The summed E-state index contributed by atoms with van der Waals surface area (Å²) >= 11 is 1.84. The van der Waals surface area contributed by atoms with Crippen LogP contribution in [-0.4, -0.2) is 36.3 Å². The van der Waals surface area contributed by atoms with Crippen molar-refractivity contribution in [1.82, 2.24) is 9.97 Å². The van der Waals surface area contributed by atoms with Crippen LogP contribution >= 0.6 is 11.3 Å². The van der Waals surface area contributed by atoms with Crippen molar-refractivity contribution in [2.24, 2.45) is 5.92 Å². The van der Waals surface area contributed by atoms with E-state index >= 15 is 0 Å². The lowest BCUT2D eigenvalue weighted by atomic mass is 9.89. The first-order valence-electron chi connectivity index (χ1n) is 10.2. The van der Waals surface area contributed by atoms with Gasteiger partial charge in [0.15, 0.2) is 5.82 Å². The van der Waals surface area contributed by atoms with Gasteiger partial charge in [0, 0.05) is 4.88 Å². The van der Waals surface area contributed by atoms with E-state index in [2.05, 4.69) is 6.92 Å². The molecule has 0 saturated carbocycles. The van der Waals surface area contributed by atoms with Gasteiger partial charge in [0.25, 0.3) is 0 Å². The van der Waals surface area contributed by atoms with E-state index < -0.39 is 0 Å². The number of quaternary nitrogens is 1. The van der Waals surface area contributed by atoms with Crippen LogP contribution in [0.25, 0.3) is 10.2 Å². The first kappa shape index (κ1) is 18.0. The van der Waals surface area contributed by atoms with Gasteiger partial charge in [-0.05, 0) is 42.9 Å². The van der Waals surface area contributed by atoms with E-state index in [1.54, 1.807) is 0 Å². The number of nitrogens with one attached hydrogen (secondary N) is 1. The lowest BCUT2D eigenvalue weighted by molar-refractivity contribution is -0.922. The summed E-state index contributed by atoms with van der Waals surface area (Å²) in [7, 11) is 0. The van der Waals surface area contributed by atoms with E-state index in [1.165, 1.54) is 21.8 Å². The topological polar surface area (TPSA) is 48.7 Å². The van der Waals surface area contributed by atoms with Gasteiger partial charge in [-0.1, -0.05) is 25.1 Å². The molecule has 5 rings (SSSR count). The molecule has 1 N–H and O–H groups in total. The highest BCUT2D eigenvalue weighted by Crippen LogP contribution is 2.41. The van der Waals surface area contributed by atoms with Crippen molar-refractivity contribution in [3.8, 4) is 11.6 Å². The maximum atomic E-state index is 6.29. The zero-order valence-electron chi connectivity index (χ0n) is 16.2. The van der Waals surface area contributed by atoms with Crippen LogP contribution in [0.3, 0.4) is 0 Å². The third-order valence-electron chi connectivity index (χ3n) is 5.73. The molecule has 1 fully saturated rings. The number of benzene rings is 1. The van der Waals surface area contributed by atoms with Crippen molar-refractivity contribution in [2.75, 3.05) is 26.3 Å². The molecule has 3 heterocycles. The van der Waals surface area contributed by atoms with Crippen molar-refractivity contribution in [1.29, 1.82) is 0 Å². The van der Waals surface area contributed by atoms with Crippen LogP contribution in [0, 0.1) is 5.92 Å². The van der Waals surface area contributed by atoms with Gasteiger partial charge in [-0.2, -0.15) is 4.98 Å². The molecule has 5 nitrogen and oxygen atoms in total. The van der Waals surface area contributed by atoms with Crippen LogP contribution in [0.5, 0.6) is 11.6 Å². The summed E-state index contributed by atoms with van der Waals surface area (Å²) in [6, 6.07) is 9.97. The fourth-order valence-corrected chi connectivity index (χ4v) is 5.56. The number of para-hydroxylation sites is 1. The number of nitrogens with zero attached hydrogens (tertiary/aromatic N) is 2. The molecule has 3 aromatic rings. The van der Waals surface area contributed by atoms with Crippen molar-refractivity contribution in [3.05, 3.63) is 46.6 Å². The van der Waals surface area contributed by atoms with Crippen LogP contribution in [-0.2, 0) is 24.1 Å². The van der Waals surface area contributed by atoms with Crippen LogP contribution in [0.4, 0.5) is 0 Å². The second-order valence-electron chi connectivity index (χ2n) is 7.93. The first-order valence-corrected chi connectivity index (χ1v) is 11.0. The van der Waals surface area contributed by atoms with Crippen LogP contribution in [0.2, 0.25) is 0 Å². The Hall–Kier alpha value is -2.02. The van der Waals surface area contributed by atoms with E-state index in [0.717, 1.165) is 79.3 Å². The lowest BCUT2D eigenvalue weighted by Crippen LogP contribution is -3.12. The van der Waals surface area contributed by atoms with Crippen molar-refractivity contribution in [2.45, 2.75) is 32.7 Å². The lowest BCUT2D eigenvalue weighted by Gasteiger charge is -2.23. The number of thiophene rings is 1. The molecule has 1 aromatic carbocycles. The molecule has 2 aromatic heterocycles. The van der Waals surface area contributed by atoms with Gasteiger partial charge in [0.05, 0.1) is 18.6 Å². The molecule has 1 aliphatic carbocycles. The average molecular weight is 397 g/mol.